The first kappa shape index (κ1) is 25.8. The van der Waals surface area contributed by atoms with E-state index in [2.05, 4.69) is 47.9 Å². The van der Waals surface area contributed by atoms with Crippen LogP contribution in [0.5, 0.6) is 0 Å². The molecule has 2 unspecified atom stereocenters. The number of fused-ring (bicyclic) bond motifs is 2. The first-order valence-corrected chi connectivity index (χ1v) is 14.3. The van der Waals surface area contributed by atoms with Gasteiger partial charge >= 0.3 is 0 Å². The summed E-state index contributed by atoms with van der Waals surface area (Å²) in [7, 11) is 0. The van der Waals surface area contributed by atoms with Crippen LogP contribution in [0.3, 0.4) is 0 Å². The number of aromatic nitrogens is 2. The van der Waals surface area contributed by atoms with E-state index in [1.165, 1.54) is 89.4 Å². The molecule has 34 heavy (non-hydrogen) atoms. The average Bonchev–Trinajstić information content (AvgIpc) is 3.12. The lowest BCUT2D eigenvalue weighted by atomic mass is 9.91. The van der Waals surface area contributed by atoms with Crippen LogP contribution < -0.4 is 4.90 Å². The van der Waals surface area contributed by atoms with E-state index in [4.69, 9.17) is 14.7 Å². The number of nitrogens with zero attached hydrogens (tertiary/aromatic N) is 5. The molecular formula is C28H49N5O. The Bertz CT molecular complexity index is 689. The summed E-state index contributed by atoms with van der Waals surface area (Å²) in [6.45, 7) is 14.5. The highest BCUT2D eigenvalue weighted by molar-refractivity contribution is 5.38. The van der Waals surface area contributed by atoms with Crippen molar-refractivity contribution in [3.63, 3.8) is 0 Å². The minimum Gasteiger partial charge on any atom is -0.382 e. The standard InChI is InChI=1S/C28H49N5O/c1-4-34-18-10-8-6-5-7-9-15-31-16-13-24(14-17-31)25-19-29-28(30-20-25)33-26-11-12-27(33)22-32(21-26)23(2)3/h19-20,23-24,26-27H,4-18,21-22H2,1-3H3. The van der Waals surface area contributed by atoms with Crippen molar-refractivity contribution in [2.24, 2.45) is 0 Å². The number of hydrogen-bond donors (Lipinski definition) is 0. The molecule has 6 nitrogen and oxygen atoms in total. The molecule has 3 saturated heterocycles. The van der Waals surface area contributed by atoms with Crippen LogP contribution in [-0.2, 0) is 4.74 Å². The molecule has 3 aliphatic heterocycles. The average molecular weight is 472 g/mol. The number of ether oxygens (including phenoxy) is 1. The molecule has 4 rings (SSSR count). The van der Waals surface area contributed by atoms with Crippen LogP contribution >= 0.6 is 0 Å². The third-order valence-corrected chi connectivity index (χ3v) is 8.41. The normalized spacial score (nSPS) is 24.4. The molecule has 3 fully saturated rings. The maximum Gasteiger partial charge on any atom is 0.225 e. The van der Waals surface area contributed by atoms with Gasteiger partial charge in [-0.15, -0.1) is 0 Å². The molecule has 0 saturated carbocycles. The van der Waals surface area contributed by atoms with Crippen molar-refractivity contribution in [2.75, 3.05) is 50.8 Å². The van der Waals surface area contributed by atoms with E-state index in [1.54, 1.807) is 0 Å². The van der Waals surface area contributed by atoms with Gasteiger partial charge in [-0.1, -0.05) is 25.7 Å². The van der Waals surface area contributed by atoms with Crippen LogP contribution in [0.1, 0.15) is 96.5 Å². The van der Waals surface area contributed by atoms with Gasteiger partial charge in [0.25, 0.3) is 0 Å². The van der Waals surface area contributed by atoms with E-state index in [1.807, 2.05) is 0 Å². The number of rotatable bonds is 13. The van der Waals surface area contributed by atoms with Gasteiger partial charge < -0.3 is 14.5 Å². The molecule has 6 heteroatoms. The van der Waals surface area contributed by atoms with Gasteiger partial charge in [0.05, 0.1) is 0 Å². The van der Waals surface area contributed by atoms with Crippen molar-refractivity contribution in [1.82, 2.24) is 19.8 Å². The molecule has 4 heterocycles. The molecule has 0 aliphatic carbocycles. The van der Waals surface area contributed by atoms with Crippen molar-refractivity contribution in [3.05, 3.63) is 18.0 Å². The Labute approximate surface area is 208 Å². The molecule has 2 atom stereocenters. The second-order valence-electron chi connectivity index (χ2n) is 11.1. The van der Waals surface area contributed by atoms with Crippen LogP contribution in [0, 0.1) is 0 Å². The molecule has 0 aromatic carbocycles. The molecule has 0 spiro atoms. The number of piperidine rings is 1. The number of likely N-dealkylation sites (tertiary alicyclic amines) is 2. The fraction of sp³-hybridized carbons (Fsp3) is 0.857. The van der Waals surface area contributed by atoms with Gasteiger partial charge in [-0.05, 0) is 90.4 Å². The smallest absolute Gasteiger partial charge is 0.225 e. The summed E-state index contributed by atoms with van der Waals surface area (Å²) in [4.78, 5) is 17.6. The third kappa shape index (κ3) is 6.92. The Balaban J connectivity index is 1.14. The maximum absolute atomic E-state index is 5.42. The van der Waals surface area contributed by atoms with Crippen LogP contribution in [0.15, 0.2) is 12.4 Å². The highest BCUT2D eigenvalue weighted by Gasteiger charge is 2.41. The van der Waals surface area contributed by atoms with E-state index < -0.39 is 0 Å². The molecule has 1 aromatic heterocycles. The quantitative estimate of drug-likeness (QED) is 0.373. The van der Waals surface area contributed by atoms with Gasteiger partial charge in [0, 0.05) is 56.8 Å². The number of piperazine rings is 1. The monoisotopic (exact) mass is 471 g/mol. The number of hydrogen-bond acceptors (Lipinski definition) is 6. The zero-order chi connectivity index (χ0) is 23.8. The van der Waals surface area contributed by atoms with Gasteiger partial charge in [-0.3, -0.25) is 4.90 Å². The highest BCUT2D eigenvalue weighted by atomic mass is 16.5. The first-order valence-electron chi connectivity index (χ1n) is 14.3. The Hall–Kier alpha value is -1.24. The molecule has 0 radical (unpaired) electrons. The van der Waals surface area contributed by atoms with E-state index >= 15 is 0 Å². The van der Waals surface area contributed by atoms with E-state index in [0.717, 1.165) is 32.3 Å². The largest absolute Gasteiger partial charge is 0.382 e. The number of unbranched alkanes of at least 4 members (excludes halogenated alkanes) is 5. The minimum absolute atomic E-state index is 0.588. The Morgan fingerprint density at radius 3 is 2.12 bits per heavy atom. The topological polar surface area (TPSA) is 44.7 Å². The lowest BCUT2D eigenvalue weighted by Crippen LogP contribution is -2.56. The molecule has 1 aromatic rings. The van der Waals surface area contributed by atoms with Gasteiger partial charge in [-0.2, -0.15) is 0 Å². The molecular weight excluding hydrogens is 422 g/mol. The van der Waals surface area contributed by atoms with Crippen LogP contribution in [-0.4, -0.2) is 83.8 Å². The summed E-state index contributed by atoms with van der Waals surface area (Å²) < 4.78 is 5.42. The molecule has 3 aliphatic rings. The Morgan fingerprint density at radius 2 is 1.50 bits per heavy atom. The van der Waals surface area contributed by atoms with Crippen molar-refractivity contribution in [1.29, 1.82) is 0 Å². The van der Waals surface area contributed by atoms with Crippen molar-refractivity contribution in [2.45, 2.75) is 109 Å². The Kier molecular flexibility index (Phi) is 10.0. The number of anilines is 1. The lowest BCUT2D eigenvalue weighted by molar-refractivity contribution is 0.143. The highest BCUT2D eigenvalue weighted by Crippen LogP contribution is 2.34. The van der Waals surface area contributed by atoms with E-state index in [0.29, 0.717) is 24.0 Å². The predicted octanol–water partition coefficient (Wildman–Crippen LogP) is 5.09. The Morgan fingerprint density at radius 1 is 0.882 bits per heavy atom. The summed E-state index contributed by atoms with van der Waals surface area (Å²) in [5, 5.41) is 0. The third-order valence-electron chi connectivity index (χ3n) is 8.41. The second kappa shape index (κ2) is 13.2. The van der Waals surface area contributed by atoms with Crippen molar-refractivity contribution in [3.8, 4) is 0 Å². The van der Waals surface area contributed by atoms with Crippen LogP contribution in [0.4, 0.5) is 5.95 Å². The van der Waals surface area contributed by atoms with Crippen molar-refractivity contribution < 1.29 is 4.74 Å². The van der Waals surface area contributed by atoms with Gasteiger partial charge in [0.2, 0.25) is 5.95 Å². The summed E-state index contributed by atoms with van der Waals surface area (Å²) in [6.07, 6.45) is 17.3. The molecule has 0 amide bonds. The zero-order valence-electron chi connectivity index (χ0n) is 22.1. The molecule has 2 bridgehead atoms. The second-order valence-corrected chi connectivity index (χ2v) is 11.1. The van der Waals surface area contributed by atoms with Gasteiger partial charge in [0.1, 0.15) is 0 Å². The van der Waals surface area contributed by atoms with E-state index in [9.17, 15) is 0 Å². The van der Waals surface area contributed by atoms with Gasteiger partial charge in [-0.25, -0.2) is 9.97 Å². The van der Waals surface area contributed by atoms with Crippen LogP contribution in [0.25, 0.3) is 0 Å². The van der Waals surface area contributed by atoms with Crippen molar-refractivity contribution >= 4 is 5.95 Å². The minimum atomic E-state index is 0.588. The molecule has 0 N–H and O–H groups in total. The zero-order valence-corrected chi connectivity index (χ0v) is 22.1. The van der Waals surface area contributed by atoms with E-state index in [-0.39, 0.29) is 0 Å². The summed E-state index contributed by atoms with van der Waals surface area (Å²) >= 11 is 0. The van der Waals surface area contributed by atoms with Gasteiger partial charge in [0.15, 0.2) is 0 Å². The SMILES string of the molecule is CCOCCCCCCCCN1CCC(c2cnc(N3C4CCC3CN(C(C)C)C4)nc2)CC1. The lowest BCUT2D eigenvalue weighted by Gasteiger charge is -2.42. The summed E-state index contributed by atoms with van der Waals surface area (Å²) in [6, 6.07) is 1.81. The van der Waals surface area contributed by atoms with Crippen LogP contribution in [0.2, 0.25) is 0 Å². The first-order chi connectivity index (χ1) is 16.7. The fourth-order valence-corrected chi connectivity index (χ4v) is 6.24. The summed E-state index contributed by atoms with van der Waals surface area (Å²) in [5.41, 5.74) is 1.35. The summed E-state index contributed by atoms with van der Waals surface area (Å²) in [5.74, 6) is 1.60. The maximum atomic E-state index is 5.42. The fourth-order valence-electron chi connectivity index (χ4n) is 6.24. The predicted molar refractivity (Wildman–Crippen MR) is 141 cm³/mol. The molecule has 192 valence electrons.